The number of hydrogen-bond donors (Lipinski definition) is 0. The van der Waals surface area contributed by atoms with Crippen molar-refractivity contribution in [2.45, 2.75) is 37.1 Å². The number of piperidine rings is 1. The predicted octanol–water partition coefficient (Wildman–Crippen LogP) is -0.353. The Labute approximate surface area is 117 Å². The normalized spacial score (nSPS) is 21.1. The first-order valence-corrected chi connectivity index (χ1v) is 7.99. The first-order chi connectivity index (χ1) is 9.26. The second-order valence-electron chi connectivity index (χ2n) is 5.21. The molecule has 1 atom stereocenters. The second kappa shape index (κ2) is 5.17. The van der Waals surface area contributed by atoms with Gasteiger partial charge in [0, 0.05) is 32.9 Å². The van der Waals surface area contributed by atoms with E-state index in [2.05, 4.69) is 0 Å². The summed E-state index contributed by atoms with van der Waals surface area (Å²) in [7, 11) is -1.15. The molecule has 0 radical (unpaired) electrons. The molecule has 1 aromatic heterocycles. The molecular weight excluding hydrogens is 282 g/mol. The Bertz CT molecular complexity index is 732. The van der Waals surface area contributed by atoms with Crippen LogP contribution in [-0.4, -0.2) is 34.4 Å². The summed E-state index contributed by atoms with van der Waals surface area (Å²) in [6, 6.07) is -0.129. The van der Waals surface area contributed by atoms with E-state index in [1.165, 1.54) is 18.4 Å². The lowest BCUT2D eigenvalue weighted by molar-refractivity contribution is 0.268. The van der Waals surface area contributed by atoms with Gasteiger partial charge in [0.1, 0.15) is 0 Å². The number of aryl methyl sites for hydroxylation is 1. The minimum atomic E-state index is -3.86. The number of sulfonamides is 1. The van der Waals surface area contributed by atoms with Crippen LogP contribution in [0.15, 0.2) is 20.7 Å². The summed E-state index contributed by atoms with van der Waals surface area (Å²) in [6.45, 7) is 2.25. The SMILES string of the molecule is C[C@@H]1CCCCN1S(=O)(=O)c1cn(C)c(=O)n(C)c1=O. The van der Waals surface area contributed by atoms with E-state index in [9.17, 15) is 18.0 Å². The highest BCUT2D eigenvalue weighted by atomic mass is 32.2. The zero-order valence-corrected chi connectivity index (χ0v) is 12.7. The minimum absolute atomic E-state index is 0.129. The molecule has 0 aromatic carbocycles. The molecular formula is C12H19N3O4S. The molecule has 1 aromatic rings. The van der Waals surface area contributed by atoms with E-state index < -0.39 is 21.3 Å². The van der Waals surface area contributed by atoms with E-state index in [0.29, 0.717) is 6.54 Å². The van der Waals surface area contributed by atoms with Crippen molar-refractivity contribution in [2.24, 2.45) is 14.1 Å². The molecule has 0 bridgehead atoms. The van der Waals surface area contributed by atoms with Crippen molar-refractivity contribution in [1.82, 2.24) is 13.4 Å². The Morgan fingerprint density at radius 3 is 2.45 bits per heavy atom. The van der Waals surface area contributed by atoms with Gasteiger partial charge in [0.15, 0.2) is 4.90 Å². The molecule has 1 aliphatic rings. The molecule has 1 fully saturated rings. The van der Waals surface area contributed by atoms with Crippen LogP contribution in [0.4, 0.5) is 0 Å². The van der Waals surface area contributed by atoms with Crippen molar-refractivity contribution in [3.05, 3.63) is 27.0 Å². The Hall–Kier alpha value is -1.41. The first-order valence-electron chi connectivity index (χ1n) is 6.55. The van der Waals surface area contributed by atoms with E-state index in [0.717, 1.165) is 34.6 Å². The van der Waals surface area contributed by atoms with E-state index in [4.69, 9.17) is 0 Å². The molecule has 0 unspecified atom stereocenters. The predicted molar refractivity (Wildman–Crippen MR) is 74.1 cm³/mol. The molecule has 8 heteroatoms. The number of nitrogens with zero attached hydrogens (tertiary/aromatic N) is 3. The fraction of sp³-hybridized carbons (Fsp3) is 0.667. The van der Waals surface area contributed by atoms with Crippen LogP contribution in [0.3, 0.4) is 0 Å². The quantitative estimate of drug-likeness (QED) is 0.747. The fourth-order valence-corrected chi connectivity index (χ4v) is 4.36. The van der Waals surface area contributed by atoms with E-state index >= 15 is 0 Å². The van der Waals surface area contributed by atoms with E-state index in [-0.39, 0.29) is 10.9 Å². The molecule has 0 amide bonds. The van der Waals surface area contributed by atoms with Crippen LogP contribution in [0.2, 0.25) is 0 Å². The van der Waals surface area contributed by atoms with Crippen molar-refractivity contribution >= 4 is 10.0 Å². The molecule has 20 heavy (non-hydrogen) atoms. The third kappa shape index (κ3) is 2.33. The van der Waals surface area contributed by atoms with Crippen LogP contribution >= 0.6 is 0 Å². The standard InChI is InChI=1S/C12H19N3O4S/c1-9-6-4-5-7-15(9)20(18,19)10-8-13(2)12(17)14(3)11(10)16/h8-9H,4-7H2,1-3H3/t9-/m1/s1. The average molecular weight is 301 g/mol. The molecule has 2 rings (SSSR count). The van der Waals surface area contributed by atoms with Crippen molar-refractivity contribution in [3.63, 3.8) is 0 Å². The first kappa shape index (κ1) is 15.0. The van der Waals surface area contributed by atoms with Gasteiger partial charge in [0.05, 0.1) is 0 Å². The van der Waals surface area contributed by atoms with Crippen LogP contribution in [0.5, 0.6) is 0 Å². The lowest BCUT2D eigenvalue weighted by Crippen LogP contribution is -2.46. The molecule has 7 nitrogen and oxygen atoms in total. The summed E-state index contributed by atoms with van der Waals surface area (Å²) in [5.41, 5.74) is -1.31. The lowest BCUT2D eigenvalue weighted by Gasteiger charge is -2.32. The fourth-order valence-electron chi connectivity index (χ4n) is 2.51. The van der Waals surface area contributed by atoms with Gasteiger partial charge in [0.2, 0.25) is 10.0 Å². The summed E-state index contributed by atoms with van der Waals surface area (Å²) in [5, 5.41) is 0. The average Bonchev–Trinajstić information content (AvgIpc) is 2.40. The molecule has 2 heterocycles. The zero-order chi connectivity index (χ0) is 15.1. The summed E-state index contributed by atoms with van der Waals surface area (Å²) in [4.78, 5) is 23.4. The smallest absolute Gasteiger partial charge is 0.302 e. The Morgan fingerprint density at radius 2 is 1.85 bits per heavy atom. The maximum atomic E-state index is 12.6. The summed E-state index contributed by atoms with van der Waals surface area (Å²) in [6.07, 6.45) is 3.67. The highest BCUT2D eigenvalue weighted by Crippen LogP contribution is 2.23. The van der Waals surface area contributed by atoms with Crippen LogP contribution in [0.1, 0.15) is 26.2 Å². The topological polar surface area (TPSA) is 81.4 Å². The zero-order valence-electron chi connectivity index (χ0n) is 11.9. The third-order valence-corrected chi connectivity index (χ3v) is 5.74. The van der Waals surface area contributed by atoms with Gasteiger partial charge in [-0.05, 0) is 19.8 Å². The molecule has 0 N–H and O–H groups in total. The van der Waals surface area contributed by atoms with Gasteiger partial charge >= 0.3 is 5.69 Å². The van der Waals surface area contributed by atoms with Gasteiger partial charge in [-0.1, -0.05) is 6.42 Å². The summed E-state index contributed by atoms with van der Waals surface area (Å²) in [5.74, 6) is 0. The van der Waals surface area contributed by atoms with Gasteiger partial charge in [-0.15, -0.1) is 0 Å². The largest absolute Gasteiger partial charge is 0.330 e. The van der Waals surface area contributed by atoms with Crippen molar-refractivity contribution < 1.29 is 8.42 Å². The Morgan fingerprint density at radius 1 is 1.20 bits per heavy atom. The summed E-state index contributed by atoms with van der Waals surface area (Å²) >= 11 is 0. The third-order valence-electron chi connectivity index (χ3n) is 3.74. The van der Waals surface area contributed by atoms with Gasteiger partial charge in [0.25, 0.3) is 5.56 Å². The highest BCUT2D eigenvalue weighted by Gasteiger charge is 2.33. The lowest BCUT2D eigenvalue weighted by atomic mass is 10.1. The van der Waals surface area contributed by atoms with Gasteiger partial charge in [-0.3, -0.25) is 9.36 Å². The van der Waals surface area contributed by atoms with Crippen LogP contribution < -0.4 is 11.2 Å². The number of aromatic nitrogens is 2. The van der Waals surface area contributed by atoms with E-state index in [1.807, 2.05) is 6.92 Å². The Kier molecular flexibility index (Phi) is 3.88. The molecule has 1 saturated heterocycles. The van der Waals surface area contributed by atoms with E-state index in [1.54, 1.807) is 0 Å². The minimum Gasteiger partial charge on any atom is -0.302 e. The highest BCUT2D eigenvalue weighted by molar-refractivity contribution is 7.89. The maximum Gasteiger partial charge on any atom is 0.330 e. The summed E-state index contributed by atoms with van der Waals surface area (Å²) < 4.78 is 28.6. The number of rotatable bonds is 2. The monoisotopic (exact) mass is 301 g/mol. The van der Waals surface area contributed by atoms with Crippen molar-refractivity contribution in [3.8, 4) is 0 Å². The molecule has 112 valence electrons. The molecule has 0 aliphatic carbocycles. The number of hydrogen-bond acceptors (Lipinski definition) is 4. The van der Waals surface area contributed by atoms with Crippen LogP contribution in [0, 0.1) is 0 Å². The molecule has 0 spiro atoms. The van der Waals surface area contributed by atoms with Gasteiger partial charge in [-0.2, -0.15) is 4.31 Å². The van der Waals surface area contributed by atoms with Crippen LogP contribution in [0.25, 0.3) is 0 Å². The van der Waals surface area contributed by atoms with Crippen LogP contribution in [-0.2, 0) is 24.1 Å². The molecule has 0 saturated carbocycles. The Balaban J connectivity index is 2.61. The van der Waals surface area contributed by atoms with Crippen molar-refractivity contribution in [2.75, 3.05) is 6.54 Å². The molecule has 1 aliphatic heterocycles. The van der Waals surface area contributed by atoms with Gasteiger partial charge < -0.3 is 4.57 Å². The maximum absolute atomic E-state index is 12.6. The second-order valence-corrected chi connectivity index (χ2v) is 7.07. The van der Waals surface area contributed by atoms with Crippen molar-refractivity contribution in [1.29, 1.82) is 0 Å². The van der Waals surface area contributed by atoms with Gasteiger partial charge in [-0.25, -0.2) is 13.2 Å².